The van der Waals surface area contributed by atoms with Gasteiger partial charge < -0.3 is 10.8 Å². The van der Waals surface area contributed by atoms with Gasteiger partial charge in [0.05, 0.1) is 0 Å². The van der Waals surface area contributed by atoms with Crippen molar-refractivity contribution in [3.8, 4) is 5.75 Å². The summed E-state index contributed by atoms with van der Waals surface area (Å²) in [4.78, 5) is 0. The average molecular weight is 239 g/mol. The molecule has 0 aliphatic heterocycles. The van der Waals surface area contributed by atoms with Gasteiger partial charge in [-0.1, -0.05) is 36.4 Å². The summed E-state index contributed by atoms with van der Waals surface area (Å²) >= 11 is 0. The minimum atomic E-state index is 0.114. The Morgan fingerprint density at radius 3 is 2.72 bits per heavy atom. The van der Waals surface area contributed by atoms with Gasteiger partial charge in [0.2, 0.25) is 0 Å². The molecule has 3 rings (SSSR count). The number of hydrogen-bond donors (Lipinski definition) is 2. The summed E-state index contributed by atoms with van der Waals surface area (Å²) in [6.07, 6.45) is 1.96. The Balaban J connectivity index is 1.81. The first-order valence-corrected chi connectivity index (χ1v) is 6.35. The van der Waals surface area contributed by atoms with Crippen molar-refractivity contribution in [1.29, 1.82) is 0 Å². The van der Waals surface area contributed by atoms with E-state index in [0.717, 1.165) is 18.4 Å². The van der Waals surface area contributed by atoms with Crippen LogP contribution in [-0.2, 0) is 12.8 Å². The van der Waals surface area contributed by atoms with Crippen molar-refractivity contribution in [3.05, 3.63) is 65.2 Å². The highest BCUT2D eigenvalue weighted by Crippen LogP contribution is 2.36. The minimum Gasteiger partial charge on any atom is -0.508 e. The summed E-state index contributed by atoms with van der Waals surface area (Å²) < 4.78 is 0. The number of aromatic hydroxyl groups is 1. The van der Waals surface area contributed by atoms with Crippen LogP contribution >= 0.6 is 0 Å². The molecule has 0 aromatic heterocycles. The second-order valence-corrected chi connectivity index (χ2v) is 5.06. The second-order valence-electron chi connectivity index (χ2n) is 5.06. The number of phenolic OH excluding ortho intramolecular Hbond substituents is 1. The van der Waals surface area contributed by atoms with E-state index in [1.807, 2.05) is 12.1 Å². The van der Waals surface area contributed by atoms with E-state index in [1.54, 1.807) is 6.07 Å². The standard InChI is InChI=1S/C16H17NO/c17-16-13(8-11-4-3-6-14(18)9-11)10-12-5-1-2-7-15(12)16/h1-7,9,13,16,18H,8,10,17H2. The van der Waals surface area contributed by atoms with Crippen molar-refractivity contribution < 1.29 is 5.11 Å². The Hall–Kier alpha value is -1.80. The number of phenols is 1. The molecular formula is C16H17NO. The van der Waals surface area contributed by atoms with E-state index >= 15 is 0 Å². The third kappa shape index (κ3) is 2.00. The van der Waals surface area contributed by atoms with E-state index in [-0.39, 0.29) is 6.04 Å². The van der Waals surface area contributed by atoms with Crippen molar-refractivity contribution in [3.63, 3.8) is 0 Å². The lowest BCUT2D eigenvalue weighted by molar-refractivity contribution is 0.457. The first-order valence-electron chi connectivity index (χ1n) is 6.35. The van der Waals surface area contributed by atoms with Crippen LogP contribution in [-0.4, -0.2) is 5.11 Å². The van der Waals surface area contributed by atoms with Crippen molar-refractivity contribution in [2.45, 2.75) is 18.9 Å². The van der Waals surface area contributed by atoms with Crippen LogP contribution in [0.4, 0.5) is 0 Å². The summed E-state index contributed by atoms with van der Waals surface area (Å²) in [6.45, 7) is 0. The highest BCUT2D eigenvalue weighted by Gasteiger charge is 2.29. The summed E-state index contributed by atoms with van der Waals surface area (Å²) in [5.41, 5.74) is 10.1. The van der Waals surface area contributed by atoms with Gasteiger partial charge in [-0.25, -0.2) is 0 Å². The van der Waals surface area contributed by atoms with E-state index < -0.39 is 0 Å². The summed E-state index contributed by atoms with van der Waals surface area (Å²) in [5, 5.41) is 9.50. The zero-order valence-electron chi connectivity index (χ0n) is 10.2. The molecule has 18 heavy (non-hydrogen) atoms. The molecule has 92 valence electrons. The van der Waals surface area contributed by atoms with Gasteiger partial charge in [-0.05, 0) is 47.6 Å². The number of fused-ring (bicyclic) bond motifs is 1. The van der Waals surface area contributed by atoms with Crippen LogP contribution in [0.5, 0.6) is 5.75 Å². The molecule has 2 heteroatoms. The van der Waals surface area contributed by atoms with E-state index in [1.165, 1.54) is 11.1 Å². The van der Waals surface area contributed by atoms with Gasteiger partial charge in [-0.2, -0.15) is 0 Å². The molecule has 2 unspecified atom stereocenters. The molecule has 2 nitrogen and oxygen atoms in total. The van der Waals surface area contributed by atoms with Crippen LogP contribution in [0.15, 0.2) is 48.5 Å². The average Bonchev–Trinajstić information content (AvgIpc) is 2.67. The van der Waals surface area contributed by atoms with E-state index in [4.69, 9.17) is 5.73 Å². The van der Waals surface area contributed by atoms with Crippen LogP contribution in [0.1, 0.15) is 22.7 Å². The molecule has 0 fully saturated rings. The summed E-state index contributed by atoms with van der Waals surface area (Å²) in [5.74, 6) is 0.765. The number of hydrogen-bond acceptors (Lipinski definition) is 2. The predicted octanol–water partition coefficient (Wildman–Crippen LogP) is 2.81. The molecule has 3 N–H and O–H groups in total. The lowest BCUT2D eigenvalue weighted by Crippen LogP contribution is -2.18. The SMILES string of the molecule is NC1c2ccccc2CC1Cc1cccc(O)c1. The maximum atomic E-state index is 9.50. The fourth-order valence-electron chi connectivity index (χ4n) is 2.89. The monoisotopic (exact) mass is 239 g/mol. The third-order valence-corrected chi connectivity index (χ3v) is 3.81. The number of benzene rings is 2. The molecule has 2 atom stereocenters. The van der Waals surface area contributed by atoms with Crippen molar-refractivity contribution >= 4 is 0 Å². The fraction of sp³-hybridized carbons (Fsp3) is 0.250. The van der Waals surface area contributed by atoms with Crippen molar-refractivity contribution in [2.24, 2.45) is 11.7 Å². The molecule has 0 amide bonds. The Labute approximate surface area is 107 Å². The Bertz CT molecular complexity index is 565. The van der Waals surface area contributed by atoms with E-state index in [0.29, 0.717) is 11.7 Å². The van der Waals surface area contributed by atoms with E-state index in [2.05, 4.69) is 30.3 Å². The van der Waals surface area contributed by atoms with Crippen LogP contribution in [0, 0.1) is 5.92 Å². The van der Waals surface area contributed by atoms with Crippen LogP contribution in [0.3, 0.4) is 0 Å². The predicted molar refractivity (Wildman–Crippen MR) is 72.4 cm³/mol. The molecule has 0 spiro atoms. The lowest BCUT2D eigenvalue weighted by atomic mass is 9.93. The molecule has 1 aliphatic rings. The maximum Gasteiger partial charge on any atom is 0.115 e. The van der Waals surface area contributed by atoms with Gasteiger partial charge in [0.25, 0.3) is 0 Å². The molecule has 0 radical (unpaired) electrons. The largest absolute Gasteiger partial charge is 0.508 e. The third-order valence-electron chi connectivity index (χ3n) is 3.81. The second kappa shape index (κ2) is 4.46. The topological polar surface area (TPSA) is 46.2 Å². The molecular weight excluding hydrogens is 222 g/mol. The Morgan fingerprint density at radius 1 is 1.11 bits per heavy atom. The normalized spacial score (nSPS) is 21.8. The van der Waals surface area contributed by atoms with Gasteiger partial charge in [-0.3, -0.25) is 0 Å². The fourth-order valence-corrected chi connectivity index (χ4v) is 2.89. The number of nitrogens with two attached hydrogens (primary N) is 1. The summed E-state index contributed by atoms with van der Waals surface area (Å²) in [7, 11) is 0. The molecule has 0 saturated heterocycles. The first-order chi connectivity index (χ1) is 8.74. The Morgan fingerprint density at radius 2 is 1.94 bits per heavy atom. The van der Waals surface area contributed by atoms with Gasteiger partial charge in [-0.15, -0.1) is 0 Å². The van der Waals surface area contributed by atoms with Gasteiger partial charge in [0, 0.05) is 6.04 Å². The van der Waals surface area contributed by atoms with Gasteiger partial charge >= 0.3 is 0 Å². The number of rotatable bonds is 2. The van der Waals surface area contributed by atoms with Crippen LogP contribution in [0.25, 0.3) is 0 Å². The zero-order valence-corrected chi connectivity index (χ0v) is 10.2. The molecule has 2 aromatic carbocycles. The van der Waals surface area contributed by atoms with Crippen molar-refractivity contribution in [1.82, 2.24) is 0 Å². The molecule has 0 saturated carbocycles. The molecule has 0 heterocycles. The lowest BCUT2D eigenvalue weighted by Gasteiger charge is -2.16. The Kier molecular flexibility index (Phi) is 2.80. The summed E-state index contributed by atoms with van der Waals surface area (Å²) in [6, 6.07) is 16.0. The van der Waals surface area contributed by atoms with Gasteiger partial charge in [0.15, 0.2) is 0 Å². The minimum absolute atomic E-state index is 0.114. The highest BCUT2D eigenvalue weighted by molar-refractivity contribution is 5.36. The zero-order chi connectivity index (χ0) is 12.5. The van der Waals surface area contributed by atoms with Crippen LogP contribution < -0.4 is 5.73 Å². The maximum absolute atomic E-state index is 9.50. The van der Waals surface area contributed by atoms with Crippen LogP contribution in [0.2, 0.25) is 0 Å². The first kappa shape index (κ1) is 11.3. The van der Waals surface area contributed by atoms with Crippen molar-refractivity contribution in [2.75, 3.05) is 0 Å². The molecule has 0 bridgehead atoms. The highest BCUT2D eigenvalue weighted by atomic mass is 16.3. The molecule has 1 aliphatic carbocycles. The van der Waals surface area contributed by atoms with E-state index in [9.17, 15) is 5.11 Å². The quantitative estimate of drug-likeness (QED) is 0.846. The van der Waals surface area contributed by atoms with Gasteiger partial charge in [0.1, 0.15) is 5.75 Å². The molecule has 2 aromatic rings. The smallest absolute Gasteiger partial charge is 0.115 e.